The molecule has 0 bridgehead atoms. The largest absolute Gasteiger partial charge is 0.378 e. The van der Waals surface area contributed by atoms with E-state index in [0.717, 1.165) is 25.0 Å². The fraction of sp³-hybridized carbons (Fsp3) is 0.562. The fourth-order valence-electron chi connectivity index (χ4n) is 2.48. The van der Waals surface area contributed by atoms with Crippen LogP contribution in [-0.4, -0.2) is 37.6 Å². The molecule has 0 spiro atoms. The summed E-state index contributed by atoms with van der Waals surface area (Å²) in [5, 5.41) is 2.87. The van der Waals surface area contributed by atoms with Gasteiger partial charge >= 0.3 is 0 Å². The first-order valence-corrected chi connectivity index (χ1v) is 7.35. The molecule has 1 aromatic rings. The van der Waals surface area contributed by atoms with Crippen LogP contribution in [0.2, 0.25) is 0 Å². The van der Waals surface area contributed by atoms with Crippen molar-refractivity contribution in [3.63, 3.8) is 0 Å². The number of hydrogen-bond acceptors (Lipinski definition) is 3. The molecule has 0 aliphatic carbocycles. The molecule has 1 aliphatic rings. The molecule has 21 heavy (non-hydrogen) atoms. The minimum absolute atomic E-state index is 0.0135. The van der Waals surface area contributed by atoms with Gasteiger partial charge in [0.1, 0.15) is 5.82 Å². The number of benzene rings is 1. The van der Waals surface area contributed by atoms with Gasteiger partial charge in [-0.1, -0.05) is 6.07 Å². The Morgan fingerprint density at radius 1 is 1.48 bits per heavy atom. The number of carbonyl (C=O) groups excluding carboxylic acids is 1. The number of halogens is 1. The van der Waals surface area contributed by atoms with Crippen LogP contribution in [0, 0.1) is 5.82 Å². The highest BCUT2D eigenvalue weighted by molar-refractivity contribution is 5.76. The van der Waals surface area contributed by atoms with Gasteiger partial charge in [-0.15, -0.1) is 0 Å². The quantitative estimate of drug-likeness (QED) is 0.873. The predicted octanol–water partition coefficient (Wildman–Crippen LogP) is 2.07. The first kappa shape index (κ1) is 15.9. The van der Waals surface area contributed by atoms with Crippen LogP contribution in [0.3, 0.4) is 0 Å². The average Bonchev–Trinajstić information content (AvgIpc) is 2.92. The monoisotopic (exact) mass is 294 g/mol. The molecular weight excluding hydrogens is 271 g/mol. The van der Waals surface area contributed by atoms with Crippen molar-refractivity contribution in [2.24, 2.45) is 0 Å². The van der Waals surface area contributed by atoms with Gasteiger partial charge < -0.3 is 15.0 Å². The molecule has 1 saturated heterocycles. The lowest BCUT2D eigenvalue weighted by atomic mass is 10.1. The van der Waals surface area contributed by atoms with Gasteiger partial charge in [-0.2, -0.15) is 0 Å². The predicted molar refractivity (Wildman–Crippen MR) is 79.2 cm³/mol. The van der Waals surface area contributed by atoms with E-state index in [-0.39, 0.29) is 17.8 Å². The Hall–Kier alpha value is -1.46. The van der Waals surface area contributed by atoms with Crippen molar-refractivity contribution in [1.29, 1.82) is 0 Å². The highest BCUT2D eigenvalue weighted by Crippen LogP contribution is 2.15. The van der Waals surface area contributed by atoms with Crippen LogP contribution >= 0.6 is 0 Å². The molecule has 1 aliphatic heterocycles. The summed E-state index contributed by atoms with van der Waals surface area (Å²) in [5.41, 5.74) is 1.56. The molecule has 1 heterocycles. The molecule has 1 aromatic carbocycles. The lowest BCUT2D eigenvalue weighted by molar-refractivity contribution is -0.123. The van der Waals surface area contributed by atoms with E-state index in [2.05, 4.69) is 5.32 Å². The van der Waals surface area contributed by atoms with Crippen molar-refractivity contribution < 1.29 is 13.9 Å². The van der Waals surface area contributed by atoms with Crippen LogP contribution < -0.4 is 5.32 Å². The van der Waals surface area contributed by atoms with Crippen LogP contribution in [0.15, 0.2) is 18.2 Å². The van der Waals surface area contributed by atoms with E-state index in [1.54, 1.807) is 6.07 Å². The summed E-state index contributed by atoms with van der Waals surface area (Å²) < 4.78 is 19.1. The first-order valence-electron chi connectivity index (χ1n) is 7.35. The fourth-order valence-corrected chi connectivity index (χ4v) is 2.48. The minimum Gasteiger partial charge on any atom is -0.378 e. The molecule has 116 valence electrons. The molecule has 0 radical (unpaired) electrons. The number of rotatable bonds is 6. The number of carbonyl (C=O) groups is 1. The minimum atomic E-state index is -0.210. The van der Waals surface area contributed by atoms with Crippen molar-refractivity contribution in [3.05, 3.63) is 35.1 Å². The van der Waals surface area contributed by atoms with Crippen molar-refractivity contribution in [3.8, 4) is 0 Å². The van der Waals surface area contributed by atoms with Gasteiger partial charge in [0, 0.05) is 25.3 Å². The zero-order valence-corrected chi connectivity index (χ0v) is 12.7. The van der Waals surface area contributed by atoms with E-state index in [0.29, 0.717) is 25.1 Å². The number of hydrogen-bond donors (Lipinski definition) is 1. The summed E-state index contributed by atoms with van der Waals surface area (Å²) in [6.07, 6.45) is 2.45. The smallest absolute Gasteiger partial charge is 0.222 e. The third-order valence-electron chi connectivity index (χ3n) is 3.52. The molecule has 2 rings (SSSR count). The zero-order valence-electron chi connectivity index (χ0n) is 12.7. The van der Waals surface area contributed by atoms with Crippen molar-refractivity contribution in [1.82, 2.24) is 10.2 Å². The molecule has 0 aromatic heterocycles. The summed E-state index contributed by atoms with van der Waals surface area (Å²) in [4.78, 5) is 13.7. The lowest BCUT2D eigenvalue weighted by Crippen LogP contribution is -2.26. The van der Waals surface area contributed by atoms with Crippen LogP contribution in [0.25, 0.3) is 0 Å². The number of nitrogens with zero attached hydrogens (tertiary/aromatic N) is 1. The maximum absolute atomic E-state index is 13.7. The van der Waals surface area contributed by atoms with E-state index in [9.17, 15) is 9.18 Å². The van der Waals surface area contributed by atoms with Gasteiger partial charge in [-0.3, -0.25) is 4.79 Å². The van der Waals surface area contributed by atoms with E-state index in [1.165, 1.54) is 6.07 Å². The van der Waals surface area contributed by atoms with E-state index in [4.69, 9.17) is 4.74 Å². The normalized spacial score (nSPS) is 18.2. The Balaban J connectivity index is 1.85. The Labute approximate surface area is 125 Å². The van der Waals surface area contributed by atoms with Gasteiger partial charge in [0.25, 0.3) is 0 Å². The molecular formula is C16H23FN2O2. The van der Waals surface area contributed by atoms with E-state index >= 15 is 0 Å². The molecule has 1 fully saturated rings. The van der Waals surface area contributed by atoms with Gasteiger partial charge in [-0.25, -0.2) is 4.39 Å². The second-order valence-electron chi connectivity index (χ2n) is 5.78. The first-order chi connectivity index (χ1) is 10.0. The van der Waals surface area contributed by atoms with Gasteiger partial charge in [0.05, 0.1) is 12.5 Å². The summed E-state index contributed by atoms with van der Waals surface area (Å²) in [6.45, 7) is 1.72. The standard InChI is InChI=1S/C16H23FN2O2/c1-19(2)11-13-8-12(5-6-15(13)17)10-18-16(20)9-14-4-3-7-21-14/h5-6,8,14H,3-4,7,9-11H2,1-2H3,(H,18,20)/t14-/m0/s1. The summed E-state index contributed by atoms with van der Waals surface area (Å²) in [5.74, 6) is -0.224. The molecule has 1 atom stereocenters. The topological polar surface area (TPSA) is 41.6 Å². The second kappa shape index (κ2) is 7.52. The average molecular weight is 294 g/mol. The summed E-state index contributed by atoms with van der Waals surface area (Å²) in [6, 6.07) is 4.98. The van der Waals surface area contributed by atoms with Crippen LogP contribution in [0.1, 0.15) is 30.4 Å². The van der Waals surface area contributed by atoms with Gasteiger partial charge in [0.2, 0.25) is 5.91 Å². The van der Waals surface area contributed by atoms with Gasteiger partial charge in [-0.05, 0) is 44.6 Å². The third kappa shape index (κ3) is 5.10. The highest BCUT2D eigenvalue weighted by atomic mass is 19.1. The molecule has 1 amide bonds. The summed E-state index contributed by atoms with van der Waals surface area (Å²) >= 11 is 0. The zero-order chi connectivity index (χ0) is 15.2. The molecule has 0 unspecified atom stereocenters. The molecule has 1 N–H and O–H groups in total. The lowest BCUT2D eigenvalue weighted by Gasteiger charge is -2.13. The Kier molecular flexibility index (Phi) is 5.70. The van der Waals surface area contributed by atoms with E-state index in [1.807, 2.05) is 25.1 Å². The summed E-state index contributed by atoms with van der Waals surface area (Å²) in [7, 11) is 3.80. The SMILES string of the molecule is CN(C)Cc1cc(CNC(=O)C[C@@H]2CCCO2)ccc1F. The number of amides is 1. The van der Waals surface area contributed by atoms with Crippen LogP contribution in [0.5, 0.6) is 0 Å². The van der Waals surface area contributed by atoms with E-state index < -0.39 is 0 Å². The molecule has 5 heteroatoms. The van der Waals surface area contributed by atoms with Crippen molar-refractivity contribution >= 4 is 5.91 Å². The van der Waals surface area contributed by atoms with Crippen LogP contribution in [0.4, 0.5) is 4.39 Å². The maximum atomic E-state index is 13.7. The van der Waals surface area contributed by atoms with Gasteiger partial charge in [0.15, 0.2) is 0 Å². The molecule has 0 saturated carbocycles. The Morgan fingerprint density at radius 2 is 2.29 bits per heavy atom. The second-order valence-corrected chi connectivity index (χ2v) is 5.78. The van der Waals surface area contributed by atoms with Crippen molar-refractivity contribution in [2.75, 3.05) is 20.7 Å². The Morgan fingerprint density at radius 3 is 2.95 bits per heavy atom. The highest BCUT2D eigenvalue weighted by Gasteiger charge is 2.18. The number of ether oxygens (including phenoxy) is 1. The number of nitrogens with one attached hydrogen (secondary N) is 1. The van der Waals surface area contributed by atoms with Crippen molar-refractivity contribution in [2.45, 2.75) is 38.5 Å². The maximum Gasteiger partial charge on any atom is 0.222 e. The Bertz CT molecular complexity index is 485. The molecule has 4 nitrogen and oxygen atoms in total. The third-order valence-corrected chi connectivity index (χ3v) is 3.52. The van der Waals surface area contributed by atoms with Crippen LogP contribution in [-0.2, 0) is 22.6 Å².